The van der Waals surface area contributed by atoms with Crippen molar-refractivity contribution in [3.05, 3.63) is 34.8 Å². The van der Waals surface area contributed by atoms with Gasteiger partial charge in [0.2, 0.25) is 5.13 Å². The van der Waals surface area contributed by atoms with E-state index in [9.17, 15) is 8.60 Å². The van der Waals surface area contributed by atoms with Crippen LogP contribution in [0.5, 0.6) is 0 Å². The van der Waals surface area contributed by atoms with Gasteiger partial charge in [-0.25, -0.2) is 19.4 Å². The van der Waals surface area contributed by atoms with Crippen LogP contribution in [-0.2, 0) is 10.8 Å². The van der Waals surface area contributed by atoms with Gasteiger partial charge in [-0.2, -0.15) is 0 Å². The first-order chi connectivity index (χ1) is 13.6. The molecule has 10 heteroatoms. The molecule has 1 aliphatic rings. The Bertz CT molecular complexity index is 956. The Kier molecular flexibility index (Phi) is 7.51. The summed E-state index contributed by atoms with van der Waals surface area (Å²) in [4.78, 5) is 12.9. The average Bonchev–Trinajstić information content (AvgIpc) is 3.39. The summed E-state index contributed by atoms with van der Waals surface area (Å²) in [5, 5.41) is 11.1. The molecule has 1 unspecified atom stereocenters. The van der Waals surface area contributed by atoms with Crippen LogP contribution in [0.3, 0.4) is 0 Å². The lowest BCUT2D eigenvalue weighted by Crippen LogP contribution is -2.37. The molecule has 1 atom stereocenters. The zero-order chi connectivity index (χ0) is 19.9. The molecular formula is C18H20FN5OS3. The molecule has 0 bridgehead atoms. The second-order valence-electron chi connectivity index (χ2n) is 5.84. The number of thiazole rings is 2. The van der Waals surface area contributed by atoms with Crippen LogP contribution in [-0.4, -0.2) is 46.9 Å². The Labute approximate surface area is 173 Å². The fourth-order valence-corrected chi connectivity index (χ4v) is 4.41. The van der Waals surface area contributed by atoms with E-state index in [0.29, 0.717) is 32.0 Å². The van der Waals surface area contributed by atoms with Crippen LogP contribution < -0.4 is 10.6 Å². The summed E-state index contributed by atoms with van der Waals surface area (Å²) in [6.45, 7) is 6.81. The van der Waals surface area contributed by atoms with Crippen LogP contribution in [0.4, 0.5) is 9.52 Å². The van der Waals surface area contributed by atoms with Crippen molar-refractivity contribution in [3.63, 3.8) is 0 Å². The Hall–Kier alpha value is -1.85. The third-order valence-corrected chi connectivity index (χ3v) is 6.42. The minimum absolute atomic E-state index is 0.391. The highest BCUT2D eigenvalue weighted by molar-refractivity contribution is 7.84. The standard InChI is InChI=1S/C14H10FN3OS3.C4H10N2/c1-16-14-18-12(7-21-14)11-6-20-13(17-11)9-4-3-8(22(2)19)5-10(9)15;1-2-5-4-6-3-1/h3-7H,1H2,2H3;5-6H,1-4H2. The van der Waals surface area contributed by atoms with Crippen molar-refractivity contribution in [2.75, 3.05) is 26.0 Å². The highest BCUT2D eigenvalue weighted by Crippen LogP contribution is 2.32. The number of nitrogens with zero attached hydrogens (tertiary/aromatic N) is 3. The number of aliphatic imine (C=N–C) groups is 1. The molecule has 1 aromatic carbocycles. The summed E-state index contributed by atoms with van der Waals surface area (Å²) in [5.74, 6) is -0.430. The number of hydrogen-bond acceptors (Lipinski definition) is 8. The van der Waals surface area contributed by atoms with Crippen molar-refractivity contribution in [1.82, 2.24) is 20.6 Å². The van der Waals surface area contributed by atoms with Crippen molar-refractivity contribution in [2.45, 2.75) is 11.3 Å². The minimum atomic E-state index is -1.21. The van der Waals surface area contributed by atoms with Gasteiger partial charge in [0.1, 0.15) is 22.2 Å². The van der Waals surface area contributed by atoms with Gasteiger partial charge in [-0.3, -0.25) is 4.21 Å². The molecule has 1 saturated heterocycles. The molecular weight excluding hydrogens is 417 g/mol. The van der Waals surface area contributed by atoms with Crippen molar-refractivity contribution in [2.24, 2.45) is 4.99 Å². The van der Waals surface area contributed by atoms with Gasteiger partial charge in [0.25, 0.3) is 0 Å². The van der Waals surface area contributed by atoms with E-state index < -0.39 is 16.6 Å². The molecule has 2 N–H and O–H groups in total. The molecule has 0 spiro atoms. The Morgan fingerprint density at radius 3 is 2.43 bits per heavy atom. The van der Waals surface area contributed by atoms with Crippen LogP contribution in [0.1, 0.15) is 6.42 Å². The van der Waals surface area contributed by atoms with E-state index in [2.05, 4.69) is 32.3 Å². The topological polar surface area (TPSA) is 79.3 Å². The fraction of sp³-hybridized carbons (Fsp3) is 0.278. The van der Waals surface area contributed by atoms with E-state index in [1.54, 1.807) is 12.1 Å². The molecule has 6 nitrogen and oxygen atoms in total. The van der Waals surface area contributed by atoms with Crippen LogP contribution in [0, 0.1) is 5.82 Å². The average molecular weight is 438 g/mol. The molecule has 0 saturated carbocycles. The van der Waals surface area contributed by atoms with Gasteiger partial charge in [-0.15, -0.1) is 22.7 Å². The second kappa shape index (κ2) is 10.1. The molecule has 0 aliphatic carbocycles. The molecule has 1 fully saturated rings. The third kappa shape index (κ3) is 5.36. The third-order valence-electron chi connectivity index (χ3n) is 3.85. The van der Waals surface area contributed by atoms with Crippen LogP contribution in [0.2, 0.25) is 0 Å². The first-order valence-corrected chi connectivity index (χ1v) is 11.8. The Morgan fingerprint density at radius 2 is 1.89 bits per heavy atom. The lowest BCUT2D eigenvalue weighted by Gasteiger charge is -2.11. The number of halogens is 1. The van der Waals surface area contributed by atoms with E-state index >= 15 is 0 Å². The normalized spacial score (nSPS) is 14.8. The lowest BCUT2D eigenvalue weighted by molar-refractivity contribution is 0.496. The SMILES string of the molecule is C1CNCNC1.C=Nc1nc(-c2csc(-c3ccc(S(C)=O)cc3F)n2)cs1. The van der Waals surface area contributed by atoms with E-state index in [1.165, 1.54) is 54.5 Å². The molecule has 0 radical (unpaired) electrons. The first kappa shape index (κ1) is 20.9. The number of rotatable bonds is 4. The predicted molar refractivity (Wildman–Crippen MR) is 116 cm³/mol. The fourth-order valence-electron chi connectivity index (χ4n) is 2.42. The molecule has 3 heterocycles. The van der Waals surface area contributed by atoms with Crippen molar-refractivity contribution < 1.29 is 8.60 Å². The predicted octanol–water partition coefficient (Wildman–Crippen LogP) is 3.67. The Morgan fingerprint density at radius 1 is 1.18 bits per heavy atom. The molecule has 1 aliphatic heterocycles. The Balaban J connectivity index is 0.000000320. The second-order valence-corrected chi connectivity index (χ2v) is 8.91. The van der Waals surface area contributed by atoms with Gasteiger partial charge in [0.15, 0.2) is 0 Å². The largest absolute Gasteiger partial charge is 0.304 e. The quantitative estimate of drug-likeness (QED) is 0.609. The molecule has 3 aromatic rings. The molecule has 4 rings (SSSR count). The molecule has 2 aromatic heterocycles. The summed E-state index contributed by atoms with van der Waals surface area (Å²) in [6, 6.07) is 4.54. The minimum Gasteiger partial charge on any atom is -0.304 e. The maximum Gasteiger partial charge on any atom is 0.209 e. The smallest absolute Gasteiger partial charge is 0.209 e. The molecule has 0 amide bonds. The van der Waals surface area contributed by atoms with E-state index in [0.717, 1.165) is 6.67 Å². The van der Waals surface area contributed by atoms with Gasteiger partial charge in [-0.1, -0.05) is 0 Å². The van der Waals surface area contributed by atoms with Crippen LogP contribution in [0.25, 0.3) is 22.0 Å². The van der Waals surface area contributed by atoms with Gasteiger partial charge in [0.05, 0.1) is 0 Å². The number of nitrogens with one attached hydrogen (secondary N) is 2. The van der Waals surface area contributed by atoms with E-state index in [4.69, 9.17) is 0 Å². The highest BCUT2D eigenvalue weighted by atomic mass is 32.2. The highest BCUT2D eigenvalue weighted by Gasteiger charge is 2.14. The monoisotopic (exact) mass is 437 g/mol. The number of hydrogen-bond donors (Lipinski definition) is 2. The number of benzene rings is 1. The maximum atomic E-state index is 14.2. The van der Waals surface area contributed by atoms with Crippen molar-refractivity contribution in [1.29, 1.82) is 0 Å². The van der Waals surface area contributed by atoms with Gasteiger partial charge >= 0.3 is 0 Å². The lowest BCUT2D eigenvalue weighted by atomic mass is 10.2. The van der Waals surface area contributed by atoms with Crippen LogP contribution >= 0.6 is 22.7 Å². The van der Waals surface area contributed by atoms with Gasteiger partial charge < -0.3 is 10.6 Å². The zero-order valence-electron chi connectivity index (χ0n) is 15.3. The van der Waals surface area contributed by atoms with Crippen LogP contribution in [0.15, 0.2) is 38.8 Å². The molecule has 28 heavy (non-hydrogen) atoms. The van der Waals surface area contributed by atoms with E-state index in [-0.39, 0.29) is 0 Å². The maximum absolute atomic E-state index is 14.2. The van der Waals surface area contributed by atoms with E-state index in [1.807, 2.05) is 10.8 Å². The zero-order valence-corrected chi connectivity index (χ0v) is 17.7. The van der Waals surface area contributed by atoms with Crippen molar-refractivity contribution in [3.8, 4) is 22.0 Å². The summed E-state index contributed by atoms with van der Waals surface area (Å²) in [7, 11) is -1.21. The summed E-state index contributed by atoms with van der Waals surface area (Å²) in [5.41, 5.74) is 1.76. The van der Waals surface area contributed by atoms with Crippen molar-refractivity contribution >= 4 is 45.3 Å². The summed E-state index contributed by atoms with van der Waals surface area (Å²) >= 11 is 2.71. The number of aromatic nitrogens is 2. The van der Waals surface area contributed by atoms with Gasteiger partial charge in [-0.05, 0) is 44.4 Å². The van der Waals surface area contributed by atoms with Gasteiger partial charge in [0, 0.05) is 44.9 Å². The summed E-state index contributed by atoms with van der Waals surface area (Å²) in [6.07, 6.45) is 2.80. The molecule has 148 valence electrons. The first-order valence-electron chi connectivity index (χ1n) is 8.51. The summed E-state index contributed by atoms with van der Waals surface area (Å²) < 4.78 is 25.5.